The van der Waals surface area contributed by atoms with E-state index >= 15 is 0 Å². The maximum Gasteiger partial charge on any atom is 0.422 e. The number of halogens is 4. The Hall–Kier alpha value is -3.18. The summed E-state index contributed by atoms with van der Waals surface area (Å²) in [6, 6.07) is 7.17. The zero-order valence-corrected chi connectivity index (χ0v) is 22.7. The second-order valence-electron chi connectivity index (χ2n) is 8.50. The van der Waals surface area contributed by atoms with Crippen molar-refractivity contribution in [3.63, 3.8) is 0 Å². The first-order chi connectivity index (χ1) is 18.8. The van der Waals surface area contributed by atoms with Gasteiger partial charge in [-0.1, -0.05) is 41.9 Å². The molecule has 1 aliphatic heterocycles. The number of amides is 2. The molecule has 3 rings (SSSR count). The number of alkyl halides is 3. The molecule has 40 heavy (non-hydrogen) atoms. The fourth-order valence-electron chi connectivity index (χ4n) is 3.86. The first kappa shape index (κ1) is 31.3. The Kier molecular flexibility index (Phi) is 10.2. The number of pyridine rings is 1. The van der Waals surface area contributed by atoms with Gasteiger partial charge in [0.05, 0.1) is 31.4 Å². The number of ether oxygens (including phenoxy) is 3. The van der Waals surface area contributed by atoms with E-state index < -0.39 is 76.3 Å². The number of benzene rings is 1. The molecule has 17 heteroatoms. The molecule has 3 atom stereocenters. The highest BCUT2D eigenvalue weighted by Crippen LogP contribution is 2.35. The Labute approximate surface area is 232 Å². The molecule has 1 aliphatic rings. The summed E-state index contributed by atoms with van der Waals surface area (Å²) in [6.45, 7) is 0.134. The Bertz CT molecular complexity index is 1300. The van der Waals surface area contributed by atoms with Crippen LogP contribution in [-0.2, 0) is 37.2 Å². The van der Waals surface area contributed by atoms with Crippen molar-refractivity contribution in [3.8, 4) is 5.88 Å². The van der Waals surface area contributed by atoms with E-state index in [1.165, 1.54) is 19.2 Å². The molecule has 2 N–H and O–H groups in total. The molecule has 12 nitrogen and oxygen atoms in total. The van der Waals surface area contributed by atoms with Crippen LogP contribution in [0.3, 0.4) is 0 Å². The molecule has 1 fully saturated rings. The quantitative estimate of drug-likeness (QED) is 0.367. The Morgan fingerprint density at radius 3 is 2.48 bits per heavy atom. The van der Waals surface area contributed by atoms with Gasteiger partial charge in [0.15, 0.2) is 6.23 Å². The fourth-order valence-corrected chi connectivity index (χ4v) is 5.60. The van der Waals surface area contributed by atoms with E-state index in [9.17, 15) is 36.3 Å². The second kappa shape index (κ2) is 13.0. The van der Waals surface area contributed by atoms with Crippen LogP contribution in [0, 0.1) is 0 Å². The van der Waals surface area contributed by atoms with E-state index in [4.69, 9.17) is 25.8 Å². The Balaban J connectivity index is 2.06. The fraction of sp³-hybridized carbons (Fsp3) is 0.435. The second-order valence-corrected chi connectivity index (χ2v) is 10.7. The maximum atomic E-state index is 13.8. The predicted octanol–water partition coefficient (Wildman–Crippen LogP) is 2.74. The van der Waals surface area contributed by atoms with Gasteiger partial charge in [0.2, 0.25) is 11.8 Å². The summed E-state index contributed by atoms with van der Waals surface area (Å²) in [4.78, 5) is 27.8. The van der Waals surface area contributed by atoms with E-state index in [1.807, 2.05) is 0 Å². The Morgan fingerprint density at radius 1 is 1.25 bits per heavy atom. The van der Waals surface area contributed by atoms with Crippen LogP contribution in [0.25, 0.3) is 0 Å². The van der Waals surface area contributed by atoms with Crippen molar-refractivity contribution in [2.24, 2.45) is 0 Å². The molecule has 0 bridgehead atoms. The monoisotopic (exact) mass is 610 g/mol. The van der Waals surface area contributed by atoms with Gasteiger partial charge in [0.25, 0.3) is 0 Å². The lowest BCUT2D eigenvalue weighted by atomic mass is 10.2. The molecule has 1 aromatic heterocycles. The molecule has 2 amide bonds. The number of nitrogens with one attached hydrogen (secondary N) is 1. The van der Waals surface area contributed by atoms with Gasteiger partial charge in [-0.25, -0.2) is 9.78 Å². The van der Waals surface area contributed by atoms with Gasteiger partial charge >= 0.3 is 22.5 Å². The van der Waals surface area contributed by atoms with Crippen molar-refractivity contribution < 1.29 is 50.5 Å². The normalized spacial score (nSPS) is 19.8. The molecular formula is C23H26ClF3N4O8S. The zero-order valence-electron chi connectivity index (χ0n) is 21.2. The molecule has 2 heterocycles. The van der Waals surface area contributed by atoms with E-state index in [1.54, 1.807) is 18.2 Å². The van der Waals surface area contributed by atoms with E-state index in [2.05, 4.69) is 10.3 Å². The average molecular weight is 611 g/mol. The smallest absolute Gasteiger partial charge is 0.422 e. The number of carboxylic acid groups (broad SMARTS) is 1. The van der Waals surface area contributed by atoms with E-state index in [-0.39, 0.29) is 17.5 Å². The molecule has 2 aromatic rings. The Morgan fingerprint density at radius 2 is 1.93 bits per heavy atom. The van der Waals surface area contributed by atoms with Crippen LogP contribution in [0.15, 0.2) is 42.6 Å². The first-order valence-electron chi connectivity index (χ1n) is 11.6. The SMILES string of the molecule is COCCOC1CN(S(=O)(=O)N(Cc2ccccc2)C(=O)O)C(Oc2ncc(C(F)(F)F)cc2Cl)C1NC(C)=O. The topological polar surface area (TPSA) is 148 Å². The van der Waals surface area contributed by atoms with Crippen LogP contribution in [0.5, 0.6) is 5.88 Å². The van der Waals surface area contributed by atoms with Crippen LogP contribution >= 0.6 is 11.6 Å². The van der Waals surface area contributed by atoms with Gasteiger partial charge in [-0.15, -0.1) is 4.31 Å². The highest BCUT2D eigenvalue weighted by atomic mass is 35.5. The number of nitrogens with zero attached hydrogens (tertiary/aromatic N) is 3. The lowest BCUT2D eigenvalue weighted by molar-refractivity contribution is -0.137. The summed E-state index contributed by atoms with van der Waals surface area (Å²) >= 11 is 5.99. The van der Waals surface area contributed by atoms with Crippen LogP contribution in [0.1, 0.15) is 18.1 Å². The minimum Gasteiger partial charge on any atom is -0.464 e. The molecule has 0 spiro atoms. The summed E-state index contributed by atoms with van der Waals surface area (Å²) < 4.78 is 84.0. The summed E-state index contributed by atoms with van der Waals surface area (Å²) in [6.07, 6.45) is -8.95. The molecule has 1 saturated heterocycles. The largest absolute Gasteiger partial charge is 0.464 e. The molecule has 0 saturated carbocycles. The molecule has 0 radical (unpaired) electrons. The number of aromatic nitrogens is 1. The minimum absolute atomic E-state index is 0.0379. The van der Waals surface area contributed by atoms with Crippen LogP contribution in [0.4, 0.5) is 18.0 Å². The van der Waals surface area contributed by atoms with Crippen LogP contribution in [0.2, 0.25) is 5.02 Å². The van der Waals surface area contributed by atoms with Crippen molar-refractivity contribution in [2.45, 2.75) is 38.0 Å². The third-order valence-corrected chi connectivity index (χ3v) is 7.73. The number of rotatable bonds is 11. The summed E-state index contributed by atoms with van der Waals surface area (Å²) in [5.41, 5.74) is -0.830. The standard InChI is InChI=1S/C23H26ClF3N4O8S/c1-14(32)29-19-18(38-9-8-37-2)13-30(21(19)39-20-17(24)10-16(11-28-20)23(25,26)27)40(35,36)31(22(33)34)12-15-6-4-3-5-7-15/h3-7,10-11,18-19,21H,8-9,12-13H2,1-2H3,(H,29,32)(H,33,34). The average Bonchev–Trinajstić information content (AvgIpc) is 3.20. The van der Waals surface area contributed by atoms with Crippen molar-refractivity contribution in [1.82, 2.24) is 18.9 Å². The molecule has 220 valence electrons. The van der Waals surface area contributed by atoms with Gasteiger partial charge in [0.1, 0.15) is 11.1 Å². The van der Waals surface area contributed by atoms with Crippen molar-refractivity contribution in [1.29, 1.82) is 0 Å². The summed E-state index contributed by atoms with van der Waals surface area (Å²) in [5, 5.41) is 11.7. The summed E-state index contributed by atoms with van der Waals surface area (Å²) in [7, 11) is -3.51. The number of methoxy groups -OCH3 is 1. The van der Waals surface area contributed by atoms with Gasteiger partial charge in [-0.2, -0.15) is 25.9 Å². The number of carbonyl (C=O) groups excluding carboxylic acids is 1. The van der Waals surface area contributed by atoms with Crippen molar-refractivity contribution in [2.75, 3.05) is 26.9 Å². The molecule has 1 aromatic carbocycles. The lowest BCUT2D eigenvalue weighted by Crippen LogP contribution is -2.55. The third kappa shape index (κ3) is 7.51. The van der Waals surface area contributed by atoms with Crippen molar-refractivity contribution >= 4 is 33.8 Å². The van der Waals surface area contributed by atoms with Gasteiger partial charge < -0.3 is 24.6 Å². The number of hydrogen-bond acceptors (Lipinski definition) is 8. The summed E-state index contributed by atoms with van der Waals surface area (Å²) in [5.74, 6) is -1.21. The van der Waals surface area contributed by atoms with Gasteiger partial charge in [-0.05, 0) is 11.6 Å². The lowest BCUT2D eigenvalue weighted by Gasteiger charge is -2.31. The third-order valence-electron chi connectivity index (χ3n) is 5.67. The zero-order chi connectivity index (χ0) is 29.7. The first-order valence-corrected chi connectivity index (χ1v) is 13.4. The highest BCUT2D eigenvalue weighted by molar-refractivity contribution is 7.87. The van der Waals surface area contributed by atoms with E-state index in [0.717, 1.165) is 6.92 Å². The van der Waals surface area contributed by atoms with Crippen LogP contribution in [-0.4, -0.2) is 84.4 Å². The highest BCUT2D eigenvalue weighted by Gasteiger charge is 2.53. The van der Waals surface area contributed by atoms with Gasteiger partial charge in [-0.3, -0.25) is 4.79 Å². The molecular weight excluding hydrogens is 585 g/mol. The van der Waals surface area contributed by atoms with Gasteiger partial charge in [0, 0.05) is 26.8 Å². The number of hydrogen-bond donors (Lipinski definition) is 2. The van der Waals surface area contributed by atoms with E-state index in [0.29, 0.717) is 22.1 Å². The minimum atomic E-state index is -4.92. The van der Waals surface area contributed by atoms with Crippen molar-refractivity contribution in [3.05, 3.63) is 58.7 Å². The molecule has 3 unspecified atom stereocenters. The maximum absolute atomic E-state index is 13.8. The number of carbonyl (C=O) groups is 2. The van der Waals surface area contributed by atoms with Crippen LogP contribution < -0.4 is 10.1 Å². The molecule has 0 aliphatic carbocycles. The predicted molar refractivity (Wildman–Crippen MR) is 134 cm³/mol.